The Bertz CT molecular complexity index is 791. The Labute approximate surface area is 141 Å². The molecule has 0 saturated heterocycles. The molecule has 0 aliphatic heterocycles. The first-order chi connectivity index (χ1) is 12.0. The molecule has 0 spiro atoms. The van der Waals surface area contributed by atoms with E-state index in [0.29, 0.717) is 11.1 Å². The lowest BCUT2D eigenvalue weighted by molar-refractivity contribution is -0.135. The van der Waals surface area contributed by atoms with Gasteiger partial charge in [0.05, 0.1) is 6.04 Å². The number of benzene rings is 2. The number of carboxylic acid groups (broad SMARTS) is 1. The molecule has 0 bridgehead atoms. The van der Waals surface area contributed by atoms with Crippen molar-refractivity contribution in [3.05, 3.63) is 83.9 Å². The fraction of sp³-hybridized carbons (Fsp3) is 0.118. The quantitative estimate of drug-likeness (QED) is 0.743. The maximum absolute atomic E-state index is 13.3. The molecule has 1 N–H and O–H groups in total. The van der Waals surface area contributed by atoms with Crippen molar-refractivity contribution in [2.24, 2.45) is 0 Å². The van der Waals surface area contributed by atoms with Gasteiger partial charge in [-0.15, -0.1) is 5.10 Å². The van der Waals surface area contributed by atoms with Crippen molar-refractivity contribution in [2.45, 2.75) is 6.04 Å². The summed E-state index contributed by atoms with van der Waals surface area (Å²) in [5, 5.41) is 14.7. The second-order valence-electron chi connectivity index (χ2n) is 5.31. The van der Waals surface area contributed by atoms with Crippen LogP contribution in [0.5, 0.6) is 0 Å². The van der Waals surface area contributed by atoms with Gasteiger partial charge in [0.1, 0.15) is 30.8 Å². The maximum atomic E-state index is 13.3. The molecule has 6 nitrogen and oxygen atoms in total. The summed E-state index contributed by atoms with van der Waals surface area (Å²) in [5.74, 6) is -1.90. The highest BCUT2D eigenvalue weighted by molar-refractivity contribution is 5.71. The Balaban J connectivity index is 2.12. The number of nitrogens with zero attached hydrogens (tertiary/aromatic N) is 4. The van der Waals surface area contributed by atoms with Gasteiger partial charge in [-0.1, -0.05) is 24.3 Å². The van der Waals surface area contributed by atoms with Crippen LogP contribution in [-0.4, -0.2) is 32.5 Å². The first kappa shape index (κ1) is 16.6. The van der Waals surface area contributed by atoms with Crippen LogP contribution in [-0.2, 0) is 4.79 Å². The van der Waals surface area contributed by atoms with Crippen LogP contribution >= 0.6 is 0 Å². The number of carbonyl (C=O) groups is 1. The zero-order valence-corrected chi connectivity index (χ0v) is 13.0. The van der Waals surface area contributed by atoms with Crippen LogP contribution in [0.2, 0.25) is 0 Å². The van der Waals surface area contributed by atoms with Crippen LogP contribution in [0.1, 0.15) is 17.2 Å². The molecule has 0 atom stereocenters. The topological polar surface area (TPSA) is 71.2 Å². The van der Waals surface area contributed by atoms with E-state index < -0.39 is 23.6 Å². The van der Waals surface area contributed by atoms with Crippen LogP contribution in [0.15, 0.2) is 61.2 Å². The third-order valence-electron chi connectivity index (χ3n) is 3.64. The van der Waals surface area contributed by atoms with Crippen molar-refractivity contribution in [3.63, 3.8) is 0 Å². The minimum Gasteiger partial charge on any atom is -0.480 e. The summed E-state index contributed by atoms with van der Waals surface area (Å²) in [7, 11) is 0. The largest absolute Gasteiger partial charge is 0.480 e. The molecule has 0 fully saturated rings. The van der Waals surface area contributed by atoms with Gasteiger partial charge in [0.25, 0.3) is 0 Å². The molecule has 25 heavy (non-hydrogen) atoms. The second-order valence-corrected chi connectivity index (χ2v) is 5.31. The van der Waals surface area contributed by atoms with E-state index in [0.717, 1.165) is 0 Å². The predicted molar refractivity (Wildman–Crippen MR) is 85.4 cm³/mol. The highest BCUT2D eigenvalue weighted by Gasteiger charge is 2.26. The maximum Gasteiger partial charge on any atom is 0.324 e. The summed E-state index contributed by atoms with van der Waals surface area (Å²) in [5.41, 5.74) is 1.26. The average molecular weight is 344 g/mol. The number of hydrogen-bond acceptors (Lipinski definition) is 4. The van der Waals surface area contributed by atoms with Gasteiger partial charge in [0.2, 0.25) is 0 Å². The molecule has 0 aliphatic rings. The van der Waals surface area contributed by atoms with Crippen molar-refractivity contribution in [3.8, 4) is 0 Å². The molecule has 128 valence electrons. The number of halogens is 2. The van der Waals surface area contributed by atoms with Gasteiger partial charge >= 0.3 is 5.97 Å². The third kappa shape index (κ3) is 3.79. The molecule has 8 heteroatoms. The van der Waals surface area contributed by atoms with Gasteiger partial charge in [-0.3, -0.25) is 9.80 Å². The van der Waals surface area contributed by atoms with Crippen LogP contribution in [0.25, 0.3) is 0 Å². The van der Waals surface area contributed by atoms with E-state index in [1.165, 1.54) is 46.7 Å². The molecule has 1 aromatic heterocycles. The Kier molecular flexibility index (Phi) is 4.69. The number of rotatable bonds is 6. The number of carboxylic acids is 1. The first-order valence-electron chi connectivity index (χ1n) is 7.39. The summed E-state index contributed by atoms with van der Waals surface area (Å²) >= 11 is 0. The lowest BCUT2D eigenvalue weighted by atomic mass is 9.98. The Morgan fingerprint density at radius 2 is 1.56 bits per heavy atom. The summed E-state index contributed by atoms with van der Waals surface area (Å²) < 4.78 is 26.6. The molecule has 3 aromatic rings. The second kappa shape index (κ2) is 7.08. The molecule has 0 saturated carbocycles. The molecule has 2 aromatic carbocycles. The zero-order valence-electron chi connectivity index (χ0n) is 13.0. The number of aliphatic carboxylic acids is 1. The van der Waals surface area contributed by atoms with Crippen molar-refractivity contribution in [2.75, 3.05) is 11.6 Å². The van der Waals surface area contributed by atoms with Gasteiger partial charge < -0.3 is 5.11 Å². The Morgan fingerprint density at radius 1 is 1.04 bits per heavy atom. The monoisotopic (exact) mass is 344 g/mol. The van der Waals surface area contributed by atoms with E-state index in [1.54, 1.807) is 24.3 Å². The fourth-order valence-electron chi connectivity index (χ4n) is 2.58. The first-order valence-corrected chi connectivity index (χ1v) is 7.39. The van der Waals surface area contributed by atoms with E-state index in [1.807, 2.05) is 0 Å². The molecule has 1 heterocycles. The fourth-order valence-corrected chi connectivity index (χ4v) is 2.58. The van der Waals surface area contributed by atoms with Gasteiger partial charge in [-0.2, -0.15) is 4.79 Å². The summed E-state index contributed by atoms with van der Waals surface area (Å²) in [6.45, 7) is -0.386. The summed E-state index contributed by atoms with van der Waals surface area (Å²) in [6, 6.07) is 10.7. The van der Waals surface area contributed by atoms with E-state index in [2.05, 4.69) is 10.1 Å². The molecular formula is C17H14F2N4O2. The molecule has 0 amide bonds. The van der Waals surface area contributed by atoms with E-state index in [-0.39, 0.29) is 6.54 Å². The van der Waals surface area contributed by atoms with Gasteiger partial charge in [0.15, 0.2) is 0 Å². The highest BCUT2D eigenvalue weighted by Crippen LogP contribution is 2.28. The van der Waals surface area contributed by atoms with E-state index >= 15 is 0 Å². The normalized spacial score (nSPS) is 10.8. The van der Waals surface area contributed by atoms with Crippen molar-refractivity contribution in [1.82, 2.24) is 14.9 Å². The van der Waals surface area contributed by atoms with E-state index in [4.69, 9.17) is 0 Å². The zero-order chi connectivity index (χ0) is 17.8. The SMILES string of the molecule is O=C(O)CN(C(c1ccc(F)cc1)c1ccc(F)cc1)n1cncn1. The van der Waals surface area contributed by atoms with Gasteiger partial charge in [-0.25, -0.2) is 13.8 Å². The van der Waals surface area contributed by atoms with E-state index in [9.17, 15) is 18.7 Å². The highest BCUT2D eigenvalue weighted by atomic mass is 19.1. The molecule has 0 radical (unpaired) electrons. The Hall–Kier alpha value is -3.29. The van der Waals surface area contributed by atoms with Crippen molar-refractivity contribution < 1.29 is 18.7 Å². The number of hydrogen-bond donors (Lipinski definition) is 1. The average Bonchev–Trinajstić information content (AvgIpc) is 3.11. The third-order valence-corrected chi connectivity index (χ3v) is 3.64. The molecule has 0 aliphatic carbocycles. The minimum atomic E-state index is -1.08. The summed E-state index contributed by atoms with van der Waals surface area (Å²) in [6.07, 6.45) is 2.64. The standard InChI is InChI=1S/C17H14F2N4O2/c18-14-5-1-12(2-6-14)17(13-3-7-15(19)8-4-13)22(9-16(24)25)23-11-20-10-21-23/h1-8,10-11,17H,9H2,(H,24,25). The van der Waals surface area contributed by atoms with Gasteiger partial charge in [-0.05, 0) is 35.4 Å². The van der Waals surface area contributed by atoms with Crippen molar-refractivity contribution >= 4 is 5.97 Å². The molecular weight excluding hydrogens is 330 g/mol. The predicted octanol–water partition coefficient (Wildman–Crippen LogP) is 2.37. The lowest BCUT2D eigenvalue weighted by Crippen LogP contribution is -2.43. The van der Waals surface area contributed by atoms with Gasteiger partial charge in [0, 0.05) is 0 Å². The lowest BCUT2D eigenvalue weighted by Gasteiger charge is -2.32. The smallest absolute Gasteiger partial charge is 0.324 e. The van der Waals surface area contributed by atoms with Crippen molar-refractivity contribution in [1.29, 1.82) is 0 Å². The van der Waals surface area contributed by atoms with Crippen LogP contribution in [0.3, 0.4) is 0 Å². The summed E-state index contributed by atoms with van der Waals surface area (Å²) in [4.78, 5) is 16.5. The van der Waals surface area contributed by atoms with Crippen LogP contribution in [0, 0.1) is 11.6 Å². The minimum absolute atomic E-state index is 0.386. The van der Waals surface area contributed by atoms with Crippen LogP contribution < -0.4 is 5.01 Å². The molecule has 3 rings (SSSR count). The number of aromatic nitrogens is 3. The van der Waals surface area contributed by atoms with Crippen LogP contribution in [0.4, 0.5) is 8.78 Å². The Morgan fingerprint density at radius 3 is 1.96 bits per heavy atom. The molecule has 0 unspecified atom stereocenters.